The van der Waals surface area contributed by atoms with Crippen molar-refractivity contribution in [2.24, 2.45) is 0 Å². The summed E-state index contributed by atoms with van der Waals surface area (Å²) in [5.41, 5.74) is -1.62. The van der Waals surface area contributed by atoms with Crippen LogP contribution in [0.3, 0.4) is 0 Å². The van der Waals surface area contributed by atoms with Crippen molar-refractivity contribution in [1.29, 1.82) is 0 Å². The molecule has 0 spiro atoms. The molecule has 0 saturated heterocycles. The molecule has 0 aliphatic carbocycles. The molecule has 1 aromatic rings. The van der Waals surface area contributed by atoms with E-state index in [1.54, 1.807) is 6.92 Å². The zero-order valence-corrected chi connectivity index (χ0v) is 10.5. The quantitative estimate of drug-likeness (QED) is 0.500. The molecular weight excluding hydrogens is 254 g/mol. The van der Waals surface area contributed by atoms with Gasteiger partial charge in [-0.2, -0.15) is 0 Å². The molecule has 0 amide bonds. The fourth-order valence-electron chi connectivity index (χ4n) is 2.01. The van der Waals surface area contributed by atoms with Crippen molar-refractivity contribution in [3.05, 3.63) is 33.9 Å². The molecule has 102 valence electrons. The lowest BCUT2D eigenvalue weighted by Crippen LogP contribution is -2.42. The maximum atomic E-state index is 11.7. The van der Waals surface area contributed by atoms with Crippen molar-refractivity contribution in [3.63, 3.8) is 0 Å². The van der Waals surface area contributed by atoms with Gasteiger partial charge in [0.25, 0.3) is 5.69 Å². The molecule has 2 atom stereocenters. The van der Waals surface area contributed by atoms with Crippen molar-refractivity contribution in [2.75, 3.05) is 6.61 Å². The van der Waals surface area contributed by atoms with E-state index in [0.717, 1.165) is 0 Å². The van der Waals surface area contributed by atoms with E-state index < -0.39 is 22.6 Å². The van der Waals surface area contributed by atoms with Gasteiger partial charge in [-0.3, -0.25) is 10.1 Å². The summed E-state index contributed by atoms with van der Waals surface area (Å²) in [5, 5.41) is 21.1. The highest BCUT2D eigenvalue weighted by molar-refractivity contribution is 5.79. The minimum atomic E-state index is -1.66. The van der Waals surface area contributed by atoms with Crippen LogP contribution in [0, 0.1) is 10.1 Å². The number of nitro groups is 1. The minimum absolute atomic E-state index is 0.158. The first-order valence-corrected chi connectivity index (χ1v) is 5.72. The fourth-order valence-corrected chi connectivity index (χ4v) is 2.01. The Balaban J connectivity index is 2.40. The van der Waals surface area contributed by atoms with Crippen LogP contribution in [0.5, 0.6) is 5.75 Å². The highest BCUT2D eigenvalue weighted by Crippen LogP contribution is 2.43. The predicted octanol–water partition coefficient (Wildman–Crippen LogP) is 1.13. The average molecular weight is 267 g/mol. The van der Waals surface area contributed by atoms with E-state index in [1.165, 1.54) is 25.1 Å². The van der Waals surface area contributed by atoms with Crippen LogP contribution in [-0.2, 0) is 15.1 Å². The molecular formula is C12H13NO6. The van der Waals surface area contributed by atoms with Gasteiger partial charge >= 0.3 is 5.97 Å². The predicted molar refractivity (Wildman–Crippen MR) is 63.7 cm³/mol. The number of non-ortho nitro benzene ring substituents is 1. The smallest absolute Gasteiger partial charge is 0.350 e. The normalized spacial score (nSPS) is 24.5. The van der Waals surface area contributed by atoms with Gasteiger partial charge in [-0.05, 0) is 19.9 Å². The molecule has 0 radical (unpaired) electrons. The first-order valence-electron chi connectivity index (χ1n) is 5.72. The molecule has 2 rings (SSSR count). The number of hydrogen-bond acceptors (Lipinski definition) is 6. The Hall–Kier alpha value is -2.15. The van der Waals surface area contributed by atoms with Gasteiger partial charge in [0.2, 0.25) is 6.10 Å². The maximum Gasteiger partial charge on any atom is 0.350 e. The first-order chi connectivity index (χ1) is 8.87. The van der Waals surface area contributed by atoms with Crippen molar-refractivity contribution < 1.29 is 24.3 Å². The molecule has 0 unspecified atom stereocenters. The summed E-state index contributed by atoms with van der Waals surface area (Å²) < 4.78 is 10.1. The number of carbonyl (C=O) groups is 1. The number of fused-ring (bicyclic) bond motifs is 1. The Morgan fingerprint density at radius 3 is 2.89 bits per heavy atom. The number of nitrogens with zero attached hydrogens (tertiary/aromatic N) is 1. The topological polar surface area (TPSA) is 98.9 Å². The van der Waals surface area contributed by atoms with Gasteiger partial charge in [-0.1, -0.05) is 0 Å². The van der Waals surface area contributed by atoms with E-state index in [2.05, 4.69) is 0 Å². The van der Waals surface area contributed by atoms with Crippen LogP contribution in [-0.4, -0.2) is 28.7 Å². The van der Waals surface area contributed by atoms with Gasteiger partial charge in [0, 0.05) is 17.7 Å². The van der Waals surface area contributed by atoms with Gasteiger partial charge in [0.1, 0.15) is 11.4 Å². The highest BCUT2D eigenvalue weighted by Gasteiger charge is 2.49. The molecule has 1 aliphatic heterocycles. The molecule has 1 aromatic carbocycles. The van der Waals surface area contributed by atoms with Gasteiger partial charge in [0.15, 0.2) is 0 Å². The van der Waals surface area contributed by atoms with Crippen molar-refractivity contribution in [2.45, 2.75) is 25.6 Å². The first kappa shape index (κ1) is 13.3. The second-order valence-corrected chi connectivity index (χ2v) is 4.34. The van der Waals surface area contributed by atoms with Gasteiger partial charge in [-0.15, -0.1) is 0 Å². The molecule has 1 N–H and O–H groups in total. The van der Waals surface area contributed by atoms with E-state index in [4.69, 9.17) is 9.47 Å². The second kappa shape index (κ2) is 4.51. The molecule has 7 heteroatoms. The van der Waals surface area contributed by atoms with Crippen LogP contribution in [0.2, 0.25) is 0 Å². The van der Waals surface area contributed by atoms with Crippen molar-refractivity contribution >= 4 is 11.7 Å². The van der Waals surface area contributed by atoms with Gasteiger partial charge in [0.05, 0.1) is 11.5 Å². The van der Waals surface area contributed by atoms with Gasteiger partial charge in [-0.25, -0.2) is 4.79 Å². The van der Waals surface area contributed by atoms with Crippen molar-refractivity contribution in [1.82, 2.24) is 0 Å². The van der Waals surface area contributed by atoms with Crippen molar-refractivity contribution in [3.8, 4) is 5.75 Å². The lowest BCUT2D eigenvalue weighted by atomic mass is 9.92. The lowest BCUT2D eigenvalue weighted by molar-refractivity contribution is -0.385. The van der Waals surface area contributed by atoms with Crippen LogP contribution in [0.4, 0.5) is 5.69 Å². The zero-order chi connectivity index (χ0) is 14.2. The van der Waals surface area contributed by atoms with E-state index in [0.29, 0.717) is 0 Å². The number of carbonyl (C=O) groups excluding carboxylic acids is 1. The zero-order valence-electron chi connectivity index (χ0n) is 10.5. The molecule has 1 aliphatic rings. The molecule has 7 nitrogen and oxygen atoms in total. The van der Waals surface area contributed by atoms with Crippen LogP contribution < -0.4 is 4.74 Å². The van der Waals surface area contributed by atoms with Crippen LogP contribution in [0.1, 0.15) is 19.4 Å². The number of ether oxygens (including phenoxy) is 2. The molecule has 0 saturated carbocycles. The summed E-state index contributed by atoms with van der Waals surface area (Å²) in [6, 6.07) is 3.82. The Bertz CT molecular complexity index is 539. The summed E-state index contributed by atoms with van der Waals surface area (Å²) in [6.07, 6.45) is -1.22. The summed E-state index contributed by atoms with van der Waals surface area (Å²) in [7, 11) is 0. The number of benzene rings is 1. The lowest BCUT2D eigenvalue weighted by Gasteiger charge is -2.22. The van der Waals surface area contributed by atoms with Crippen LogP contribution >= 0.6 is 0 Å². The largest absolute Gasteiger partial charge is 0.475 e. The standard InChI is InChI=1S/C12H13NO6/c1-3-18-11(14)10-12(2,15)8-6-7(13(16)17)4-5-9(8)19-10/h4-6,10,15H,3H2,1-2H3/t10-,12+/m0/s1. The summed E-state index contributed by atoms with van der Waals surface area (Å²) >= 11 is 0. The maximum absolute atomic E-state index is 11.7. The molecule has 0 bridgehead atoms. The van der Waals surface area contributed by atoms with Crippen LogP contribution in [0.25, 0.3) is 0 Å². The van der Waals surface area contributed by atoms with Gasteiger partial charge < -0.3 is 14.6 Å². The summed E-state index contributed by atoms with van der Waals surface area (Å²) in [5.74, 6) is -0.458. The molecule has 1 heterocycles. The number of esters is 1. The Morgan fingerprint density at radius 2 is 2.32 bits per heavy atom. The number of rotatable bonds is 3. The fraction of sp³-hybridized carbons (Fsp3) is 0.417. The number of aliphatic hydroxyl groups is 1. The Labute approximate surface area is 108 Å². The third-order valence-electron chi connectivity index (χ3n) is 2.98. The monoisotopic (exact) mass is 267 g/mol. The molecule has 0 aromatic heterocycles. The van der Waals surface area contributed by atoms with E-state index >= 15 is 0 Å². The Morgan fingerprint density at radius 1 is 1.63 bits per heavy atom. The average Bonchev–Trinajstić information content (AvgIpc) is 2.61. The Kier molecular flexibility index (Phi) is 3.15. The second-order valence-electron chi connectivity index (χ2n) is 4.34. The SMILES string of the molecule is CCOC(=O)[C@@H]1Oc2ccc([N+](=O)[O-])cc2[C@@]1(C)O. The molecule has 0 fully saturated rings. The molecule has 19 heavy (non-hydrogen) atoms. The number of nitro benzene ring substituents is 1. The highest BCUT2D eigenvalue weighted by atomic mass is 16.6. The summed E-state index contributed by atoms with van der Waals surface area (Å²) in [6.45, 7) is 3.16. The van der Waals surface area contributed by atoms with E-state index in [-0.39, 0.29) is 23.6 Å². The third-order valence-corrected chi connectivity index (χ3v) is 2.98. The van der Waals surface area contributed by atoms with E-state index in [1.807, 2.05) is 0 Å². The van der Waals surface area contributed by atoms with E-state index in [9.17, 15) is 20.0 Å². The summed E-state index contributed by atoms with van der Waals surface area (Å²) in [4.78, 5) is 21.9. The van der Waals surface area contributed by atoms with Crippen LogP contribution in [0.15, 0.2) is 18.2 Å². The minimum Gasteiger partial charge on any atom is -0.475 e. The number of hydrogen-bond donors (Lipinski definition) is 1. The third kappa shape index (κ3) is 2.12.